The zero-order valence-corrected chi connectivity index (χ0v) is 10.1. The fraction of sp³-hybridized carbons (Fsp3) is 0. The normalized spacial score (nSPS) is 11.0. The molecule has 0 bridgehead atoms. The molecule has 7 heteroatoms. The van der Waals surface area contributed by atoms with Crippen LogP contribution in [-0.4, -0.2) is 27.1 Å². The maximum atomic E-state index is 13.9. The lowest BCUT2D eigenvalue weighted by atomic mass is 9.80. The molecule has 20 heavy (non-hydrogen) atoms. The Morgan fingerprint density at radius 1 is 1.05 bits per heavy atom. The van der Waals surface area contributed by atoms with Crippen LogP contribution in [0.5, 0.6) is 0 Å². The predicted molar refractivity (Wildman–Crippen MR) is 71.3 cm³/mol. The topological polar surface area (TPSA) is 69.1 Å². The molecule has 0 aliphatic carbocycles. The SMILES string of the molecule is OB(O)c1ccc(-c2nc3ccc(F)cc3[nH]2)c(F)c1. The van der Waals surface area contributed by atoms with Crippen LogP contribution in [0.2, 0.25) is 0 Å². The third kappa shape index (κ3) is 2.17. The number of nitrogens with one attached hydrogen (secondary N) is 1. The van der Waals surface area contributed by atoms with Crippen molar-refractivity contribution < 1.29 is 18.8 Å². The highest BCUT2D eigenvalue weighted by Crippen LogP contribution is 2.22. The first-order chi connectivity index (χ1) is 9.54. The lowest BCUT2D eigenvalue weighted by Crippen LogP contribution is -2.30. The summed E-state index contributed by atoms with van der Waals surface area (Å²) < 4.78 is 27.0. The van der Waals surface area contributed by atoms with Crippen LogP contribution in [0, 0.1) is 11.6 Å². The summed E-state index contributed by atoms with van der Waals surface area (Å²) in [6, 6.07) is 7.83. The monoisotopic (exact) mass is 274 g/mol. The first-order valence-corrected chi connectivity index (χ1v) is 5.86. The highest BCUT2D eigenvalue weighted by atomic mass is 19.1. The number of hydrogen-bond donors (Lipinski definition) is 3. The summed E-state index contributed by atoms with van der Waals surface area (Å²) >= 11 is 0. The van der Waals surface area contributed by atoms with Gasteiger partial charge in [0.05, 0.1) is 16.6 Å². The van der Waals surface area contributed by atoms with Gasteiger partial charge >= 0.3 is 7.12 Å². The molecule has 4 nitrogen and oxygen atoms in total. The molecular formula is C13H9BF2N2O2. The molecule has 3 N–H and O–H groups in total. The third-order valence-electron chi connectivity index (χ3n) is 2.99. The van der Waals surface area contributed by atoms with Crippen molar-refractivity contribution in [1.82, 2.24) is 9.97 Å². The zero-order valence-electron chi connectivity index (χ0n) is 10.1. The van der Waals surface area contributed by atoms with Crippen LogP contribution in [0.4, 0.5) is 8.78 Å². The molecule has 100 valence electrons. The van der Waals surface area contributed by atoms with Crippen LogP contribution < -0.4 is 5.46 Å². The summed E-state index contributed by atoms with van der Waals surface area (Å²) in [4.78, 5) is 7.00. The fourth-order valence-corrected chi connectivity index (χ4v) is 1.99. The number of aromatic nitrogens is 2. The Morgan fingerprint density at radius 3 is 2.55 bits per heavy atom. The average molecular weight is 274 g/mol. The number of imidazole rings is 1. The number of fused-ring (bicyclic) bond motifs is 1. The number of H-pyrrole nitrogens is 1. The Labute approximate surface area is 112 Å². The van der Waals surface area contributed by atoms with Gasteiger partial charge in [-0.15, -0.1) is 0 Å². The van der Waals surface area contributed by atoms with E-state index in [2.05, 4.69) is 9.97 Å². The minimum atomic E-state index is -1.73. The van der Waals surface area contributed by atoms with Crippen molar-refractivity contribution in [3.05, 3.63) is 48.0 Å². The van der Waals surface area contributed by atoms with Gasteiger partial charge < -0.3 is 15.0 Å². The molecule has 0 spiro atoms. The van der Waals surface area contributed by atoms with E-state index in [1.54, 1.807) is 0 Å². The first-order valence-electron chi connectivity index (χ1n) is 5.86. The number of aromatic amines is 1. The fourth-order valence-electron chi connectivity index (χ4n) is 1.99. The van der Waals surface area contributed by atoms with Gasteiger partial charge in [0.25, 0.3) is 0 Å². The first kappa shape index (κ1) is 12.8. The number of halogens is 2. The largest absolute Gasteiger partial charge is 0.488 e. The van der Waals surface area contributed by atoms with Crippen LogP contribution in [0.3, 0.4) is 0 Å². The molecule has 0 atom stereocenters. The molecule has 0 saturated carbocycles. The second-order valence-corrected chi connectivity index (χ2v) is 4.36. The summed E-state index contributed by atoms with van der Waals surface area (Å²) in [7, 11) is -1.73. The van der Waals surface area contributed by atoms with Gasteiger partial charge in [-0.1, -0.05) is 6.07 Å². The van der Waals surface area contributed by atoms with Gasteiger partial charge in [-0.25, -0.2) is 13.8 Å². The minimum absolute atomic E-state index is 0.0494. The van der Waals surface area contributed by atoms with E-state index < -0.39 is 18.8 Å². The summed E-state index contributed by atoms with van der Waals surface area (Å²) in [6.45, 7) is 0. The maximum absolute atomic E-state index is 13.9. The van der Waals surface area contributed by atoms with Gasteiger partial charge in [-0.05, 0) is 35.8 Å². The van der Waals surface area contributed by atoms with Crippen molar-refractivity contribution in [1.29, 1.82) is 0 Å². The van der Waals surface area contributed by atoms with Crippen molar-refractivity contribution in [2.75, 3.05) is 0 Å². The average Bonchev–Trinajstić information content (AvgIpc) is 2.80. The molecule has 0 aliphatic heterocycles. The van der Waals surface area contributed by atoms with Crippen LogP contribution >= 0.6 is 0 Å². The van der Waals surface area contributed by atoms with E-state index in [0.29, 0.717) is 11.0 Å². The van der Waals surface area contributed by atoms with Crippen LogP contribution in [0.1, 0.15) is 0 Å². The van der Waals surface area contributed by atoms with E-state index in [1.807, 2.05) is 0 Å². The maximum Gasteiger partial charge on any atom is 0.488 e. The Morgan fingerprint density at radius 2 is 1.85 bits per heavy atom. The molecule has 1 aromatic heterocycles. The predicted octanol–water partition coefficient (Wildman–Crippen LogP) is 1.19. The quantitative estimate of drug-likeness (QED) is 0.615. The molecule has 3 rings (SSSR count). The molecule has 0 amide bonds. The van der Waals surface area contributed by atoms with Gasteiger partial charge in [0.1, 0.15) is 17.5 Å². The summed E-state index contributed by atoms with van der Waals surface area (Å²) in [5.41, 5.74) is 1.21. The standard InChI is InChI=1S/C13H9BF2N2O2/c15-8-2-4-11-12(6-8)18-13(17-11)9-3-1-7(14(19)20)5-10(9)16/h1-6,19-20H,(H,17,18). The van der Waals surface area contributed by atoms with Crippen LogP contribution in [0.15, 0.2) is 36.4 Å². The summed E-state index contributed by atoms with van der Waals surface area (Å²) in [5.74, 6) is -0.802. The lowest BCUT2D eigenvalue weighted by molar-refractivity contribution is 0.425. The molecular weight excluding hydrogens is 265 g/mol. The Balaban J connectivity index is 2.10. The molecule has 0 fully saturated rings. The molecule has 2 aromatic carbocycles. The van der Waals surface area contributed by atoms with Crippen LogP contribution in [-0.2, 0) is 0 Å². The van der Waals surface area contributed by atoms with Crippen LogP contribution in [0.25, 0.3) is 22.4 Å². The van der Waals surface area contributed by atoms with Crippen molar-refractivity contribution in [3.63, 3.8) is 0 Å². The Hall–Kier alpha value is -2.25. The van der Waals surface area contributed by atoms with Gasteiger partial charge in [-0.2, -0.15) is 0 Å². The molecule has 0 aliphatic rings. The molecule has 3 aromatic rings. The van der Waals surface area contributed by atoms with E-state index >= 15 is 0 Å². The number of hydrogen-bond acceptors (Lipinski definition) is 3. The second kappa shape index (κ2) is 4.70. The number of rotatable bonds is 2. The number of nitrogens with zero attached hydrogens (tertiary/aromatic N) is 1. The van der Waals surface area contributed by atoms with Gasteiger partial charge in [0.2, 0.25) is 0 Å². The van der Waals surface area contributed by atoms with Crippen molar-refractivity contribution in [3.8, 4) is 11.4 Å². The molecule has 1 heterocycles. The van der Waals surface area contributed by atoms with Crippen molar-refractivity contribution >= 4 is 23.6 Å². The van der Waals surface area contributed by atoms with Gasteiger partial charge in [0.15, 0.2) is 0 Å². The highest BCUT2D eigenvalue weighted by Gasteiger charge is 2.16. The van der Waals surface area contributed by atoms with Crippen molar-refractivity contribution in [2.24, 2.45) is 0 Å². The summed E-state index contributed by atoms with van der Waals surface area (Å²) in [5, 5.41) is 18.0. The van der Waals surface area contributed by atoms with Gasteiger partial charge in [-0.3, -0.25) is 0 Å². The molecule has 0 radical (unpaired) electrons. The van der Waals surface area contributed by atoms with Gasteiger partial charge in [0, 0.05) is 0 Å². The molecule has 0 saturated heterocycles. The Kier molecular flexibility index (Phi) is 3.00. The van der Waals surface area contributed by atoms with E-state index in [1.165, 1.54) is 30.3 Å². The minimum Gasteiger partial charge on any atom is -0.423 e. The third-order valence-corrected chi connectivity index (χ3v) is 2.99. The smallest absolute Gasteiger partial charge is 0.423 e. The van der Waals surface area contributed by atoms with Crippen molar-refractivity contribution in [2.45, 2.75) is 0 Å². The van der Waals surface area contributed by atoms with E-state index in [-0.39, 0.29) is 16.9 Å². The Bertz CT molecular complexity index is 789. The number of benzene rings is 2. The second-order valence-electron chi connectivity index (χ2n) is 4.36. The van der Waals surface area contributed by atoms with E-state index in [0.717, 1.165) is 6.07 Å². The molecule has 0 unspecified atom stereocenters. The zero-order chi connectivity index (χ0) is 14.3. The summed E-state index contributed by atoms with van der Waals surface area (Å²) in [6.07, 6.45) is 0. The van der Waals surface area contributed by atoms with E-state index in [4.69, 9.17) is 10.0 Å². The highest BCUT2D eigenvalue weighted by molar-refractivity contribution is 6.58. The van der Waals surface area contributed by atoms with E-state index in [9.17, 15) is 8.78 Å². The lowest BCUT2D eigenvalue weighted by Gasteiger charge is -2.03.